The van der Waals surface area contributed by atoms with E-state index in [2.05, 4.69) is 15.1 Å². The molecule has 0 aliphatic carbocycles. The van der Waals surface area contributed by atoms with Gasteiger partial charge in [0, 0.05) is 23.6 Å². The molecule has 4 aromatic rings. The fraction of sp³-hybridized carbons (Fsp3) is 0.120. The third kappa shape index (κ3) is 5.13. The maximum absolute atomic E-state index is 13.4. The number of halogens is 1. The summed E-state index contributed by atoms with van der Waals surface area (Å²) in [5.41, 5.74) is 5.22. The van der Waals surface area contributed by atoms with Crippen LogP contribution in [0.15, 0.2) is 84.1 Å². The number of carbonyl (C=O) groups excluding carboxylic acids is 1. The topological polar surface area (TPSA) is 64.8 Å². The van der Waals surface area contributed by atoms with Crippen LogP contribution in [0.4, 0.5) is 4.39 Å². The fourth-order valence-electron chi connectivity index (χ4n) is 3.36. The van der Waals surface area contributed by atoms with E-state index in [1.165, 1.54) is 12.1 Å². The summed E-state index contributed by atoms with van der Waals surface area (Å²) in [5.74, 6) is 0.422. The van der Waals surface area contributed by atoms with Crippen LogP contribution < -0.4 is 14.9 Å². The molecular weight excluding hydrogens is 409 g/mol. The van der Waals surface area contributed by atoms with Crippen molar-refractivity contribution >= 4 is 23.0 Å². The Bertz CT molecular complexity index is 1270. The Balaban J connectivity index is 1.35. The van der Waals surface area contributed by atoms with Gasteiger partial charge in [0.2, 0.25) is 0 Å². The van der Waals surface area contributed by atoms with E-state index in [-0.39, 0.29) is 18.3 Å². The minimum atomic E-state index is -0.380. The van der Waals surface area contributed by atoms with E-state index < -0.39 is 0 Å². The van der Waals surface area contributed by atoms with Gasteiger partial charge in [-0.1, -0.05) is 30.3 Å². The molecule has 0 spiro atoms. The molecule has 1 heterocycles. The van der Waals surface area contributed by atoms with E-state index in [1.54, 1.807) is 37.6 Å². The Morgan fingerprint density at radius 2 is 1.91 bits per heavy atom. The highest BCUT2D eigenvalue weighted by Gasteiger charge is 2.06. The largest absolute Gasteiger partial charge is 0.493 e. The van der Waals surface area contributed by atoms with Gasteiger partial charge in [0.25, 0.3) is 5.91 Å². The predicted octanol–water partition coefficient (Wildman–Crippen LogP) is 4.37. The summed E-state index contributed by atoms with van der Waals surface area (Å²) in [6.45, 7) is 0.399. The van der Waals surface area contributed by atoms with Crippen molar-refractivity contribution in [1.29, 1.82) is 0 Å². The molecule has 0 radical (unpaired) electrons. The molecule has 32 heavy (non-hydrogen) atoms. The standard InChI is InChI=1S/C25H22FN3O3/c1-31-23-7-2-3-8-24(23)32-17-25(30)28-27-15-18-9-10-22-20(13-18)11-12-29(22)16-19-5-4-6-21(26)14-19/h2-15H,16-17H2,1H3,(H,28,30)/b27-15-. The smallest absolute Gasteiger partial charge is 0.277 e. The number of aromatic nitrogens is 1. The summed E-state index contributed by atoms with van der Waals surface area (Å²) in [5, 5.41) is 5.03. The second-order valence-corrected chi connectivity index (χ2v) is 7.12. The van der Waals surface area contributed by atoms with E-state index in [1.807, 2.05) is 42.6 Å². The van der Waals surface area contributed by atoms with Crippen LogP contribution in [0.25, 0.3) is 10.9 Å². The third-order valence-corrected chi connectivity index (χ3v) is 4.87. The van der Waals surface area contributed by atoms with Crippen LogP contribution in [-0.4, -0.2) is 30.4 Å². The first kappa shape index (κ1) is 21.1. The van der Waals surface area contributed by atoms with Crippen molar-refractivity contribution in [2.45, 2.75) is 6.54 Å². The van der Waals surface area contributed by atoms with Gasteiger partial charge in [0.05, 0.1) is 13.3 Å². The van der Waals surface area contributed by atoms with E-state index in [0.29, 0.717) is 18.0 Å². The van der Waals surface area contributed by atoms with Crippen molar-refractivity contribution in [1.82, 2.24) is 9.99 Å². The molecule has 0 saturated carbocycles. The molecule has 4 rings (SSSR count). The number of fused-ring (bicyclic) bond motifs is 1. The molecule has 1 N–H and O–H groups in total. The van der Waals surface area contributed by atoms with Crippen LogP contribution >= 0.6 is 0 Å². The molecule has 1 amide bonds. The number of hydrogen-bond donors (Lipinski definition) is 1. The second kappa shape index (κ2) is 9.78. The van der Waals surface area contributed by atoms with Gasteiger partial charge in [-0.25, -0.2) is 9.82 Å². The summed E-state index contributed by atoms with van der Waals surface area (Å²) in [7, 11) is 1.54. The minimum Gasteiger partial charge on any atom is -0.493 e. The van der Waals surface area contributed by atoms with Crippen LogP contribution in [-0.2, 0) is 11.3 Å². The Hall–Kier alpha value is -4.13. The average molecular weight is 431 g/mol. The maximum Gasteiger partial charge on any atom is 0.277 e. The number of para-hydroxylation sites is 2. The molecule has 0 fully saturated rings. The van der Waals surface area contributed by atoms with Gasteiger partial charge in [-0.3, -0.25) is 4.79 Å². The van der Waals surface area contributed by atoms with Gasteiger partial charge in [-0.05, 0) is 53.6 Å². The highest BCUT2D eigenvalue weighted by atomic mass is 19.1. The summed E-state index contributed by atoms with van der Waals surface area (Å²) < 4.78 is 26.2. The predicted molar refractivity (Wildman–Crippen MR) is 122 cm³/mol. The van der Waals surface area contributed by atoms with Crippen molar-refractivity contribution in [2.24, 2.45) is 5.10 Å². The normalized spacial score (nSPS) is 11.1. The minimum absolute atomic E-state index is 0.181. The number of hydrogen-bond acceptors (Lipinski definition) is 4. The van der Waals surface area contributed by atoms with Crippen LogP contribution in [0.5, 0.6) is 11.5 Å². The van der Waals surface area contributed by atoms with Gasteiger partial charge < -0.3 is 14.0 Å². The van der Waals surface area contributed by atoms with Crippen LogP contribution in [0.2, 0.25) is 0 Å². The molecule has 162 valence electrons. The average Bonchev–Trinajstić information content (AvgIpc) is 3.20. The quantitative estimate of drug-likeness (QED) is 0.333. The Morgan fingerprint density at radius 1 is 1.06 bits per heavy atom. The molecule has 0 aliphatic heterocycles. The number of benzene rings is 3. The first-order chi connectivity index (χ1) is 15.6. The summed E-state index contributed by atoms with van der Waals surface area (Å²) >= 11 is 0. The first-order valence-electron chi connectivity index (χ1n) is 10.0. The number of hydrazone groups is 1. The molecular formula is C25H22FN3O3. The molecule has 6 nitrogen and oxygen atoms in total. The maximum atomic E-state index is 13.4. The van der Waals surface area contributed by atoms with Crippen molar-refractivity contribution in [3.05, 3.63) is 95.9 Å². The Morgan fingerprint density at radius 3 is 2.72 bits per heavy atom. The number of rotatable bonds is 8. The van der Waals surface area contributed by atoms with Gasteiger partial charge in [-0.2, -0.15) is 5.10 Å². The molecule has 7 heteroatoms. The molecule has 0 aliphatic rings. The van der Waals surface area contributed by atoms with E-state index >= 15 is 0 Å². The lowest BCUT2D eigenvalue weighted by molar-refractivity contribution is -0.123. The molecule has 3 aromatic carbocycles. The Kier molecular flexibility index (Phi) is 6.46. The van der Waals surface area contributed by atoms with Gasteiger partial charge in [0.1, 0.15) is 5.82 Å². The van der Waals surface area contributed by atoms with Crippen molar-refractivity contribution < 1.29 is 18.7 Å². The molecule has 0 unspecified atom stereocenters. The van der Waals surface area contributed by atoms with E-state index in [4.69, 9.17) is 9.47 Å². The fourth-order valence-corrected chi connectivity index (χ4v) is 3.36. The number of nitrogens with one attached hydrogen (secondary N) is 1. The van der Waals surface area contributed by atoms with E-state index in [0.717, 1.165) is 22.0 Å². The zero-order chi connectivity index (χ0) is 22.3. The molecule has 0 saturated heterocycles. The van der Waals surface area contributed by atoms with Crippen molar-refractivity contribution in [2.75, 3.05) is 13.7 Å². The zero-order valence-electron chi connectivity index (χ0n) is 17.5. The summed E-state index contributed by atoms with van der Waals surface area (Å²) in [6.07, 6.45) is 3.54. The number of ether oxygens (including phenoxy) is 2. The SMILES string of the molecule is COc1ccccc1OCC(=O)N/N=C\c1ccc2c(ccn2Cc2cccc(F)c2)c1. The molecule has 1 aromatic heterocycles. The van der Waals surface area contributed by atoms with E-state index in [9.17, 15) is 9.18 Å². The van der Waals surface area contributed by atoms with Gasteiger partial charge in [-0.15, -0.1) is 0 Å². The third-order valence-electron chi connectivity index (χ3n) is 4.87. The summed E-state index contributed by atoms with van der Waals surface area (Å²) in [6, 6.07) is 21.5. The van der Waals surface area contributed by atoms with Crippen LogP contribution in [0.3, 0.4) is 0 Å². The van der Waals surface area contributed by atoms with Gasteiger partial charge in [0.15, 0.2) is 18.1 Å². The summed E-state index contributed by atoms with van der Waals surface area (Å²) in [4.78, 5) is 12.0. The number of methoxy groups -OCH3 is 1. The first-order valence-corrected chi connectivity index (χ1v) is 10.0. The van der Waals surface area contributed by atoms with Crippen LogP contribution in [0.1, 0.15) is 11.1 Å². The molecule has 0 atom stereocenters. The van der Waals surface area contributed by atoms with Crippen molar-refractivity contribution in [3.8, 4) is 11.5 Å². The highest BCUT2D eigenvalue weighted by molar-refractivity contribution is 5.90. The lowest BCUT2D eigenvalue weighted by atomic mass is 10.1. The Labute approximate surface area is 184 Å². The number of nitrogens with zero attached hydrogens (tertiary/aromatic N) is 2. The highest BCUT2D eigenvalue weighted by Crippen LogP contribution is 2.25. The second-order valence-electron chi connectivity index (χ2n) is 7.12. The molecule has 0 bridgehead atoms. The van der Waals surface area contributed by atoms with Crippen LogP contribution in [0, 0.1) is 5.82 Å². The lowest BCUT2D eigenvalue weighted by Crippen LogP contribution is -2.24. The van der Waals surface area contributed by atoms with Crippen molar-refractivity contribution in [3.63, 3.8) is 0 Å². The lowest BCUT2D eigenvalue weighted by Gasteiger charge is -2.09. The van der Waals surface area contributed by atoms with Gasteiger partial charge >= 0.3 is 0 Å². The number of carbonyl (C=O) groups is 1. The monoisotopic (exact) mass is 431 g/mol. The number of amides is 1. The zero-order valence-corrected chi connectivity index (χ0v) is 17.5.